The highest BCUT2D eigenvalue weighted by Gasteiger charge is 2.26. The number of amides is 1. The van der Waals surface area contributed by atoms with E-state index in [4.69, 9.17) is 11.6 Å². The van der Waals surface area contributed by atoms with Crippen LogP contribution in [0.25, 0.3) is 11.0 Å². The van der Waals surface area contributed by atoms with Crippen molar-refractivity contribution in [2.45, 2.75) is 45.7 Å². The van der Waals surface area contributed by atoms with Crippen LogP contribution in [0.1, 0.15) is 57.4 Å². The van der Waals surface area contributed by atoms with Crippen LogP contribution < -0.4 is 0 Å². The summed E-state index contributed by atoms with van der Waals surface area (Å²) in [6, 6.07) is 17.2. The fraction of sp³-hybridized carbons (Fsp3) is 0.286. The summed E-state index contributed by atoms with van der Waals surface area (Å²) in [6.07, 6.45) is 0.690. The molecule has 5 rings (SSSR count). The third kappa shape index (κ3) is 4.35. The summed E-state index contributed by atoms with van der Waals surface area (Å²) in [6.45, 7) is 5.76. The summed E-state index contributed by atoms with van der Waals surface area (Å²) in [4.78, 5) is 26.9. The third-order valence-corrected chi connectivity index (χ3v) is 7.40. The molecule has 0 bridgehead atoms. The smallest absolute Gasteiger partial charge is 0.304 e. The van der Waals surface area contributed by atoms with Crippen molar-refractivity contribution in [3.63, 3.8) is 0 Å². The zero-order chi connectivity index (χ0) is 25.4. The maximum atomic E-state index is 13.2. The minimum atomic E-state index is -0.870. The first-order valence-electron chi connectivity index (χ1n) is 12.1. The van der Waals surface area contributed by atoms with Crippen LogP contribution in [0.15, 0.2) is 54.6 Å². The van der Waals surface area contributed by atoms with E-state index in [0.29, 0.717) is 30.2 Å². The summed E-state index contributed by atoms with van der Waals surface area (Å²) in [5, 5.41) is 18.8. The molecule has 0 aliphatic carbocycles. The Morgan fingerprint density at radius 1 is 1.11 bits per heavy atom. The van der Waals surface area contributed by atoms with Crippen molar-refractivity contribution < 1.29 is 14.7 Å². The summed E-state index contributed by atoms with van der Waals surface area (Å²) in [5.74, 6) is -1.32. The van der Waals surface area contributed by atoms with Crippen LogP contribution in [-0.2, 0) is 24.3 Å². The highest BCUT2D eigenvalue weighted by atomic mass is 35.5. The Bertz CT molecular complexity index is 1480. The number of aromatic nitrogens is 3. The normalized spacial score (nSPS) is 14.0. The number of rotatable bonds is 6. The second kappa shape index (κ2) is 9.74. The van der Waals surface area contributed by atoms with Crippen LogP contribution in [0.5, 0.6) is 0 Å². The molecule has 0 spiro atoms. The first-order chi connectivity index (χ1) is 17.4. The topological polar surface area (TPSA) is 88.3 Å². The molecule has 1 aliphatic rings. The molecule has 8 heteroatoms. The number of benzene rings is 3. The van der Waals surface area contributed by atoms with E-state index in [-0.39, 0.29) is 18.2 Å². The molecule has 1 atom stereocenters. The van der Waals surface area contributed by atoms with Crippen LogP contribution in [-0.4, -0.2) is 43.4 Å². The molecular formula is C28H27ClN4O3. The summed E-state index contributed by atoms with van der Waals surface area (Å²) in [7, 11) is 0. The minimum absolute atomic E-state index is 0.0463. The summed E-state index contributed by atoms with van der Waals surface area (Å²) >= 11 is 6.27. The van der Waals surface area contributed by atoms with Crippen molar-refractivity contribution in [2.75, 3.05) is 6.54 Å². The first kappa shape index (κ1) is 24.0. The van der Waals surface area contributed by atoms with Gasteiger partial charge in [0.15, 0.2) is 0 Å². The molecule has 7 nitrogen and oxygen atoms in total. The number of hydrogen-bond acceptors (Lipinski definition) is 4. The Kier molecular flexibility index (Phi) is 6.49. The molecule has 0 saturated carbocycles. The number of nitrogens with zero attached hydrogens (tertiary/aromatic N) is 4. The van der Waals surface area contributed by atoms with Crippen molar-refractivity contribution in [3.05, 3.63) is 93.0 Å². The quantitative estimate of drug-likeness (QED) is 0.390. The van der Waals surface area contributed by atoms with E-state index < -0.39 is 5.97 Å². The van der Waals surface area contributed by atoms with Crippen molar-refractivity contribution in [1.29, 1.82) is 0 Å². The highest BCUT2D eigenvalue weighted by molar-refractivity contribution is 6.33. The lowest BCUT2D eigenvalue weighted by Gasteiger charge is -2.30. The molecule has 1 unspecified atom stereocenters. The predicted octanol–water partition coefficient (Wildman–Crippen LogP) is 5.22. The molecule has 1 N–H and O–H groups in total. The van der Waals surface area contributed by atoms with Gasteiger partial charge in [-0.2, -0.15) is 0 Å². The second-order valence-electron chi connectivity index (χ2n) is 9.19. The maximum Gasteiger partial charge on any atom is 0.304 e. The lowest BCUT2D eigenvalue weighted by atomic mass is 9.83. The SMILES string of the molecule is CCn1nnc2c(C)c(C(CC(=O)O)c3ccc4c(c3)CN(C(=O)c3ccccc3Cl)CC4)ccc21. The Morgan fingerprint density at radius 3 is 2.67 bits per heavy atom. The van der Waals surface area contributed by atoms with E-state index >= 15 is 0 Å². The van der Waals surface area contributed by atoms with Gasteiger partial charge in [-0.15, -0.1) is 5.10 Å². The molecule has 1 aliphatic heterocycles. The molecule has 4 aromatic rings. The summed E-state index contributed by atoms with van der Waals surface area (Å²) in [5.41, 5.74) is 7.20. The zero-order valence-electron chi connectivity index (χ0n) is 20.2. The largest absolute Gasteiger partial charge is 0.481 e. The lowest BCUT2D eigenvalue weighted by molar-refractivity contribution is -0.137. The van der Waals surface area contributed by atoms with Crippen LogP contribution >= 0.6 is 11.6 Å². The zero-order valence-corrected chi connectivity index (χ0v) is 21.0. The first-order valence-corrected chi connectivity index (χ1v) is 12.4. The van der Waals surface area contributed by atoms with E-state index in [2.05, 4.69) is 22.4 Å². The van der Waals surface area contributed by atoms with Crippen LogP contribution in [0.2, 0.25) is 5.02 Å². The van der Waals surface area contributed by atoms with Gasteiger partial charge in [-0.05, 0) is 66.3 Å². The van der Waals surface area contributed by atoms with Crippen LogP contribution in [0, 0.1) is 6.92 Å². The number of carbonyl (C=O) groups is 2. The molecule has 0 radical (unpaired) electrons. The van der Waals surface area contributed by atoms with E-state index in [1.165, 1.54) is 5.56 Å². The van der Waals surface area contributed by atoms with Crippen molar-refractivity contribution in [3.8, 4) is 0 Å². The standard InChI is InChI=1S/C28H27ClN4O3/c1-3-33-25-11-10-21(17(2)27(25)30-31-33)23(15-26(34)35)19-9-8-18-12-13-32(16-20(18)14-19)28(36)22-6-4-5-7-24(22)29/h4-11,14,23H,3,12-13,15-16H2,1-2H3,(H,34,35). The van der Waals surface area contributed by atoms with Gasteiger partial charge >= 0.3 is 5.97 Å². The van der Waals surface area contributed by atoms with Gasteiger partial charge in [0.2, 0.25) is 0 Å². The van der Waals surface area contributed by atoms with E-state index in [9.17, 15) is 14.7 Å². The van der Waals surface area contributed by atoms with Crippen molar-refractivity contribution >= 4 is 34.5 Å². The molecule has 36 heavy (non-hydrogen) atoms. The van der Waals surface area contributed by atoms with Crippen LogP contribution in [0.4, 0.5) is 0 Å². The number of carboxylic acid groups (broad SMARTS) is 1. The number of carboxylic acids is 1. The predicted molar refractivity (Wildman–Crippen MR) is 138 cm³/mol. The Balaban J connectivity index is 1.50. The van der Waals surface area contributed by atoms with Crippen molar-refractivity contribution in [2.24, 2.45) is 0 Å². The van der Waals surface area contributed by atoms with Gasteiger partial charge in [0.1, 0.15) is 5.52 Å². The molecular weight excluding hydrogens is 476 g/mol. The number of carbonyl (C=O) groups excluding carboxylic acids is 1. The van der Waals surface area contributed by atoms with Gasteiger partial charge in [-0.1, -0.05) is 53.2 Å². The van der Waals surface area contributed by atoms with Gasteiger partial charge in [-0.3, -0.25) is 9.59 Å². The third-order valence-electron chi connectivity index (χ3n) is 7.07. The molecule has 1 aromatic heterocycles. The molecule has 1 amide bonds. The highest BCUT2D eigenvalue weighted by Crippen LogP contribution is 2.35. The van der Waals surface area contributed by atoms with E-state index in [1.54, 1.807) is 17.0 Å². The minimum Gasteiger partial charge on any atom is -0.481 e. The molecule has 0 saturated heterocycles. The molecule has 2 heterocycles. The van der Waals surface area contributed by atoms with Gasteiger partial charge < -0.3 is 10.0 Å². The number of aliphatic carboxylic acids is 1. The van der Waals surface area contributed by atoms with Gasteiger partial charge in [-0.25, -0.2) is 4.68 Å². The fourth-order valence-corrected chi connectivity index (χ4v) is 5.36. The molecule has 0 fully saturated rings. The average Bonchev–Trinajstić information content (AvgIpc) is 3.31. The molecule has 3 aromatic carbocycles. The van der Waals surface area contributed by atoms with Gasteiger partial charge in [0, 0.05) is 25.6 Å². The number of halogens is 1. The Hall–Kier alpha value is -3.71. The van der Waals surface area contributed by atoms with Crippen molar-refractivity contribution in [1.82, 2.24) is 19.9 Å². The Morgan fingerprint density at radius 2 is 1.92 bits per heavy atom. The monoisotopic (exact) mass is 502 g/mol. The lowest BCUT2D eigenvalue weighted by Crippen LogP contribution is -2.36. The van der Waals surface area contributed by atoms with Crippen LogP contribution in [0.3, 0.4) is 0 Å². The van der Waals surface area contributed by atoms with Gasteiger partial charge in [0.25, 0.3) is 5.91 Å². The maximum absolute atomic E-state index is 13.2. The molecule has 184 valence electrons. The fourth-order valence-electron chi connectivity index (χ4n) is 5.15. The average molecular weight is 503 g/mol. The number of fused-ring (bicyclic) bond motifs is 2. The van der Waals surface area contributed by atoms with E-state index in [0.717, 1.165) is 39.7 Å². The number of hydrogen-bond donors (Lipinski definition) is 1. The van der Waals surface area contributed by atoms with E-state index in [1.807, 2.05) is 48.9 Å². The second-order valence-corrected chi connectivity index (χ2v) is 9.60. The van der Waals surface area contributed by atoms with Gasteiger partial charge in [0.05, 0.1) is 22.5 Å². The number of aryl methyl sites for hydroxylation is 2. The summed E-state index contributed by atoms with van der Waals surface area (Å²) < 4.78 is 1.84. The Labute approximate surface area is 214 Å².